The zero-order valence-electron chi connectivity index (χ0n) is 7.94. The van der Waals surface area contributed by atoms with Gasteiger partial charge in [-0.05, 0) is 19.4 Å². The Morgan fingerprint density at radius 1 is 1.64 bits per heavy atom. The highest BCUT2D eigenvalue weighted by Gasteiger charge is 2.17. The molecule has 0 aromatic carbocycles. The van der Waals surface area contributed by atoms with Crippen LogP contribution in [0, 0.1) is 0 Å². The Morgan fingerprint density at radius 3 is 3.21 bits per heavy atom. The number of hydrogen-bond donors (Lipinski definition) is 1. The first-order valence-electron chi connectivity index (χ1n) is 4.87. The van der Waals surface area contributed by atoms with Gasteiger partial charge in [-0.1, -0.05) is 6.42 Å². The molecule has 3 nitrogen and oxygen atoms in total. The second kappa shape index (κ2) is 5.00. The Labute approximate surface area is 90.4 Å². The first kappa shape index (κ1) is 10.3. The average molecular weight is 230 g/mol. The molecule has 14 heavy (non-hydrogen) atoms. The quantitative estimate of drug-likeness (QED) is 0.853. The van der Waals surface area contributed by atoms with Crippen molar-refractivity contribution in [3.63, 3.8) is 0 Å². The molecule has 1 N–H and O–H groups in total. The van der Waals surface area contributed by atoms with E-state index in [4.69, 9.17) is 0 Å². The molecule has 2 heterocycles. The van der Waals surface area contributed by atoms with Crippen LogP contribution in [0.5, 0.6) is 0 Å². The molecular formula is C9H14N2OS2. The van der Waals surface area contributed by atoms with E-state index in [9.17, 15) is 4.21 Å². The normalized spacial score (nSPS) is 24.7. The standard InChI is InChI=1S/C9H14N2OS2/c12-14(9-11-5-6-13-9)7-8-3-1-2-4-10-8/h5-6,8,10H,1-4,7H2/t8-,14+/m1/s1. The van der Waals surface area contributed by atoms with Gasteiger partial charge in [0.15, 0.2) is 4.34 Å². The highest BCUT2D eigenvalue weighted by Crippen LogP contribution is 2.14. The number of rotatable bonds is 3. The molecule has 2 rings (SSSR count). The minimum Gasteiger partial charge on any atom is -0.313 e. The highest BCUT2D eigenvalue weighted by molar-refractivity contribution is 7.87. The largest absolute Gasteiger partial charge is 0.313 e. The summed E-state index contributed by atoms with van der Waals surface area (Å²) in [5.41, 5.74) is 0. The van der Waals surface area contributed by atoms with Crippen LogP contribution < -0.4 is 5.32 Å². The van der Waals surface area contributed by atoms with E-state index >= 15 is 0 Å². The van der Waals surface area contributed by atoms with Crippen molar-refractivity contribution in [1.29, 1.82) is 0 Å². The Hall–Kier alpha value is -0.260. The van der Waals surface area contributed by atoms with Gasteiger partial charge < -0.3 is 5.32 Å². The monoisotopic (exact) mass is 230 g/mol. The summed E-state index contributed by atoms with van der Waals surface area (Å²) in [7, 11) is -0.905. The van der Waals surface area contributed by atoms with E-state index in [-0.39, 0.29) is 0 Å². The first-order chi connectivity index (χ1) is 6.86. The average Bonchev–Trinajstić information content (AvgIpc) is 2.72. The molecule has 1 aliphatic heterocycles. The molecule has 0 saturated carbocycles. The number of hydrogen-bond acceptors (Lipinski definition) is 4. The van der Waals surface area contributed by atoms with Gasteiger partial charge in [0.25, 0.3) is 0 Å². The smallest absolute Gasteiger partial charge is 0.180 e. The van der Waals surface area contributed by atoms with E-state index in [2.05, 4.69) is 10.3 Å². The number of aromatic nitrogens is 1. The molecule has 0 unspecified atom stereocenters. The second-order valence-corrected chi connectivity index (χ2v) is 6.02. The molecule has 1 saturated heterocycles. The fraction of sp³-hybridized carbons (Fsp3) is 0.667. The fourth-order valence-corrected chi connectivity index (χ4v) is 3.77. The summed E-state index contributed by atoms with van der Waals surface area (Å²) < 4.78 is 12.6. The summed E-state index contributed by atoms with van der Waals surface area (Å²) >= 11 is 1.48. The fourth-order valence-electron chi connectivity index (χ4n) is 1.64. The molecule has 0 spiro atoms. The summed E-state index contributed by atoms with van der Waals surface area (Å²) in [6, 6.07) is 0.425. The molecule has 1 aliphatic rings. The molecule has 78 valence electrons. The summed E-state index contributed by atoms with van der Waals surface area (Å²) in [5, 5.41) is 5.27. The lowest BCUT2D eigenvalue weighted by Gasteiger charge is -2.22. The van der Waals surface area contributed by atoms with Gasteiger partial charge in [-0.25, -0.2) is 4.98 Å². The molecule has 0 aliphatic carbocycles. The van der Waals surface area contributed by atoms with Gasteiger partial charge >= 0.3 is 0 Å². The number of nitrogens with one attached hydrogen (secondary N) is 1. The Bertz CT molecular complexity index is 294. The van der Waals surface area contributed by atoms with Gasteiger partial charge in [0.05, 0.1) is 10.8 Å². The summed E-state index contributed by atoms with van der Waals surface area (Å²) in [6.07, 6.45) is 5.37. The number of nitrogens with zero attached hydrogens (tertiary/aromatic N) is 1. The van der Waals surface area contributed by atoms with Crippen LogP contribution in [0.2, 0.25) is 0 Å². The van der Waals surface area contributed by atoms with Crippen LogP contribution in [0.1, 0.15) is 19.3 Å². The minimum atomic E-state index is -0.905. The second-order valence-electron chi connectivity index (χ2n) is 3.46. The van der Waals surface area contributed by atoms with Crippen LogP contribution in [0.25, 0.3) is 0 Å². The van der Waals surface area contributed by atoms with Crippen LogP contribution in [-0.4, -0.2) is 27.5 Å². The lowest BCUT2D eigenvalue weighted by atomic mass is 10.1. The van der Waals surface area contributed by atoms with E-state index < -0.39 is 10.8 Å². The van der Waals surface area contributed by atoms with Gasteiger partial charge in [0.2, 0.25) is 0 Å². The summed E-state index contributed by atoms with van der Waals surface area (Å²) in [6.45, 7) is 1.07. The van der Waals surface area contributed by atoms with Crippen molar-refractivity contribution in [2.24, 2.45) is 0 Å². The van der Waals surface area contributed by atoms with Crippen LogP contribution in [0.15, 0.2) is 15.9 Å². The molecule has 1 fully saturated rings. The topological polar surface area (TPSA) is 42.0 Å². The van der Waals surface area contributed by atoms with E-state index in [1.54, 1.807) is 6.20 Å². The van der Waals surface area contributed by atoms with Crippen LogP contribution >= 0.6 is 11.3 Å². The van der Waals surface area contributed by atoms with Gasteiger partial charge in [-0.15, -0.1) is 11.3 Å². The zero-order valence-corrected chi connectivity index (χ0v) is 9.57. The van der Waals surface area contributed by atoms with Crippen molar-refractivity contribution in [2.75, 3.05) is 12.3 Å². The maximum Gasteiger partial charge on any atom is 0.180 e. The van der Waals surface area contributed by atoms with E-state index in [1.165, 1.54) is 24.2 Å². The Balaban J connectivity index is 1.87. The third kappa shape index (κ3) is 2.62. The first-order valence-corrected chi connectivity index (χ1v) is 7.07. The van der Waals surface area contributed by atoms with Crippen molar-refractivity contribution in [3.05, 3.63) is 11.6 Å². The predicted molar refractivity (Wildman–Crippen MR) is 59.0 cm³/mol. The predicted octanol–water partition coefficient (Wildman–Crippen LogP) is 1.39. The van der Waals surface area contributed by atoms with Crippen molar-refractivity contribution in [3.8, 4) is 0 Å². The molecule has 2 atom stereocenters. The van der Waals surface area contributed by atoms with Crippen molar-refractivity contribution in [1.82, 2.24) is 10.3 Å². The third-order valence-corrected chi connectivity index (χ3v) is 4.98. The maximum atomic E-state index is 11.8. The van der Waals surface area contributed by atoms with E-state index in [0.717, 1.165) is 17.3 Å². The number of piperidine rings is 1. The summed E-state index contributed by atoms with van der Waals surface area (Å²) in [4.78, 5) is 4.07. The molecule has 0 bridgehead atoms. The molecule has 0 radical (unpaired) electrons. The van der Waals surface area contributed by atoms with Gasteiger partial charge in [0.1, 0.15) is 0 Å². The minimum absolute atomic E-state index is 0.425. The Kier molecular flexibility index (Phi) is 3.67. The summed E-state index contributed by atoms with van der Waals surface area (Å²) in [5.74, 6) is 0.716. The highest BCUT2D eigenvalue weighted by atomic mass is 32.2. The van der Waals surface area contributed by atoms with Crippen LogP contribution in [0.4, 0.5) is 0 Å². The SMILES string of the molecule is O=[S@@](C[C@H]1CCCCN1)c1nccs1. The lowest BCUT2D eigenvalue weighted by molar-refractivity contribution is 0.427. The molecular weight excluding hydrogens is 216 g/mol. The van der Waals surface area contributed by atoms with E-state index in [0.29, 0.717) is 11.8 Å². The Morgan fingerprint density at radius 2 is 2.57 bits per heavy atom. The van der Waals surface area contributed by atoms with Gasteiger partial charge in [-0.2, -0.15) is 0 Å². The lowest BCUT2D eigenvalue weighted by Crippen LogP contribution is -2.38. The zero-order chi connectivity index (χ0) is 9.80. The van der Waals surface area contributed by atoms with Gasteiger partial charge in [-0.3, -0.25) is 4.21 Å². The van der Waals surface area contributed by atoms with Crippen molar-refractivity contribution in [2.45, 2.75) is 29.6 Å². The van der Waals surface area contributed by atoms with Crippen LogP contribution in [0.3, 0.4) is 0 Å². The molecule has 0 amide bonds. The number of thiazole rings is 1. The van der Waals surface area contributed by atoms with E-state index in [1.807, 2.05) is 5.38 Å². The molecule has 1 aromatic rings. The molecule has 5 heteroatoms. The van der Waals surface area contributed by atoms with Crippen molar-refractivity contribution >= 4 is 22.1 Å². The third-order valence-electron chi connectivity index (χ3n) is 2.37. The van der Waals surface area contributed by atoms with Crippen molar-refractivity contribution < 1.29 is 4.21 Å². The van der Waals surface area contributed by atoms with Gasteiger partial charge in [0, 0.05) is 23.4 Å². The molecule has 1 aromatic heterocycles. The maximum absolute atomic E-state index is 11.8. The van der Waals surface area contributed by atoms with Crippen LogP contribution in [-0.2, 0) is 10.8 Å².